The van der Waals surface area contributed by atoms with Crippen LogP contribution < -0.4 is 10.9 Å². The van der Waals surface area contributed by atoms with Crippen LogP contribution >= 0.6 is 11.6 Å². The first-order valence-electron chi connectivity index (χ1n) is 8.00. The van der Waals surface area contributed by atoms with Crippen LogP contribution in [0.5, 0.6) is 0 Å². The van der Waals surface area contributed by atoms with E-state index in [1.807, 2.05) is 12.1 Å². The van der Waals surface area contributed by atoms with Crippen LogP contribution in [0.1, 0.15) is 12.0 Å². The number of anilines is 1. The van der Waals surface area contributed by atoms with Gasteiger partial charge in [-0.1, -0.05) is 23.7 Å². The first-order valence-corrected chi connectivity index (χ1v) is 9.59. The van der Waals surface area contributed by atoms with E-state index in [9.17, 15) is 4.21 Å². The van der Waals surface area contributed by atoms with Gasteiger partial charge < -0.3 is 5.73 Å². The molecule has 1 aliphatic heterocycles. The van der Waals surface area contributed by atoms with Crippen LogP contribution in [0.15, 0.2) is 53.4 Å². The summed E-state index contributed by atoms with van der Waals surface area (Å²) < 4.78 is 10.6. The first kappa shape index (κ1) is 17.4. The molecule has 1 heterocycles. The highest BCUT2D eigenvalue weighted by molar-refractivity contribution is 7.82. The summed E-state index contributed by atoms with van der Waals surface area (Å²) in [5.41, 5.74) is 7.42. The molecule has 1 saturated heterocycles. The van der Waals surface area contributed by atoms with Crippen LogP contribution in [0.2, 0.25) is 5.02 Å². The Hall–Kier alpha value is -1.40. The Balaban J connectivity index is 0.000000150. The minimum Gasteiger partial charge on any atom is -0.399 e. The van der Waals surface area contributed by atoms with Crippen molar-refractivity contribution in [1.29, 1.82) is 0 Å². The maximum absolute atomic E-state index is 10.6. The second kappa shape index (κ2) is 7.66. The Morgan fingerprint density at radius 2 is 1.62 bits per heavy atom. The zero-order valence-electron chi connectivity index (χ0n) is 13.4. The number of rotatable bonds is 3. The molecule has 0 bridgehead atoms. The number of halogens is 1. The Morgan fingerprint density at radius 1 is 1.04 bits per heavy atom. The molecule has 0 radical (unpaired) electrons. The first-order chi connectivity index (χ1) is 11.5. The standard InChI is InChI=1S/C12H14ClN.C6H8N2OS/c13-12-3-1-9(2-4-12)6-14-7-10-5-11(10)8-14;7-5-1-3-6(4-2-5)10(8)9/h1-4,10-11H,5-8H2;1-4H,7-8H2. The van der Waals surface area contributed by atoms with Crippen LogP contribution in [0.25, 0.3) is 0 Å². The summed E-state index contributed by atoms with van der Waals surface area (Å²) in [6.45, 7) is 3.73. The third-order valence-electron chi connectivity index (χ3n) is 4.49. The molecule has 0 aromatic heterocycles. The number of nitrogens with two attached hydrogens (primary N) is 2. The average Bonchev–Trinajstić information content (AvgIpc) is 3.17. The molecular weight excluding hydrogens is 342 g/mol. The summed E-state index contributed by atoms with van der Waals surface area (Å²) in [5.74, 6) is 2.06. The molecule has 3 unspecified atom stereocenters. The molecule has 2 fully saturated rings. The second-order valence-corrected chi connectivity index (χ2v) is 7.95. The highest BCUT2D eigenvalue weighted by Gasteiger charge is 2.44. The predicted molar refractivity (Wildman–Crippen MR) is 99.8 cm³/mol. The van der Waals surface area contributed by atoms with Crippen molar-refractivity contribution in [2.24, 2.45) is 17.0 Å². The zero-order valence-corrected chi connectivity index (χ0v) is 15.0. The maximum atomic E-state index is 10.6. The third-order valence-corrected chi connectivity index (χ3v) is 5.48. The quantitative estimate of drug-likeness (QED) is 0.823. The molecule has 4 N–H and O–H groups in total. The summed E-state index contributed by atoms with van der Waals surface area (Å²) in [4.78, 5) is 3.15. The van der Waals surface area contributed by atoms with Gasteiger partial charge in [-0.2, -0.15) is 0 Å². The molecule has 2 aromatic carbocycles. The highest BCUT2D eigenvalue weighted by atomic mass is 35.5. The van der Waals surface area contributed by atoms with Crippen LogP contribution in [0.3, 0.4) is 0 Å². The molecule has 0 spiro atoms. The Kier molecular flexibility index (Phi) is 5.56. The highest BCUT2D eigenvalue weighted by Crippen LogP contribution is 2.45. The van der Waals surface area contributed by atoms with E-state index >= 15 is 0 Å². The number of hydrogen-bond acceptors (Lipinski definition) is 3. The number of piperidine rings is 1. The average molecular weight is 364 g/mol. The lowest BCUT2D eigenvalue weighted by atomic mass is 10.2. The van der Waals surface area contributed by atoms with Gasteiger partial charge in [0.15, 0.2) is 0 Å². The van der Waals surface area contributed by atoms with Crippen molar-refractivity contribution in [3.8, 4) is 0 Å². The molecule has 2 aliphatic rings. The van der Waals surface area contributed by atoms with E-state index in [-0.39, 0.29) is 0 Å². The monoisotopic (exact) mass is 363 g/mol. The predicted octanol–water partition coefficient (Wildman–Crippen LogP) is 3.04. The molecule has 1 saturated carbocycles. The van der Waals surface area contributed by atoms with Crippen molar-refractivity contribution in [2.75, 3.05) is 18.8 Å². The largest absolute Gasteiger partial charge is 0.399 e. The zero-order chi connectivity index (χ0) is 17.1. The van der Waals surface area contributed by atoms with Gasteiger partial charge in [0.25, 0.3) is 0 Å². The van der Waals surface area contributed by atoms with Crippen molar-refractivity contribution in [1.82, 2.24) is 4.90 Å². The van der Waals surface area contributed by atoms with Gasteiger partial charge >= 0.3 is 0 Å². The van der Waals surface area contributed by atoms with Gasteiger partial charge in [0.05, 0.1) is 4.90 Å². The Morgan fingerprint density at radius 3 is 2.17 bits per heavy atom. The van der Waals surface area contributed by atoms with E-state index < -0.39 is 11.0 Å². The summed E-state index contributed by atoms with van der Waals surface area (Å²) >= 11 is 5.84. The van der Waals surface area contributed by atoms with E-state index in [1.165, 1.54) is 25.1 Å². The summed E-state index contributed by atoms with van der Waals surface area (Å²) in [7, 11) is -1.39. The molecule has 3 atom stereocenters. The number of fused-ring (bicyclic) bond motifs is 1. The summed E-state index contributed by atoms with van der Waals surface area (Å²) in [6, 6.07) is 14.8. The second-order valence-electron chi connectivity index (χ2n) is 6.44. The third kappa shape index (κ3) is 4.80. The van der Waals surface area contributed by atoms with Crippen LogP contribution in [0.4, 0.5) is 5.69 Å². The van der Waals surface area contributed by atoms with E-state index in [4.69, 9.17) is 22.5 Å². The lowest BCUT2D eigenvalue weighted by Gasteiger charge is -2.17. The van der Waals surface area contributed by atoms with Crippen molar-refractivity contribution < 1.29 is 4.21 Å². The fraction of sp³-hybridized carbons (Fsp3) is 0.333. The van der Waals surface area contributed by atoms with Crippen LogP contribution in [0, 0.1) is 11.8 Å². The minimum atomic E-state index is -1.39. The van der Waals surface area contributed by atoms with Crippen molar-refractivity contribution in [2.45, 2.75) is 17.9 Å². The van der Waals surface area contributed by atoms with E-state index in [2.05, 4.69) is 17.0 Å². The lowest BCUT2D eigenvalue weighted by molar-refractivity contribution is 0.297. The van der Waals surface area contributed by atoms with Crippen molar-refractivity contribution in [3.63, 3.8) is 0 Å². The molecule has 6 heteroatoms. The molecule has 4 nitrogen and oxygen atoms in total. The molecule has 0 amide bonds. The van der Waals surface area contributed by atoms with E-state index in [0.717, 1.165) is 23.4 Å². The maximum Gasteiger partial charge on any atom is 0.122 e. The SMILES string of the molecule is Clc1ccc(CN2CC3CC3C2)cc1.Nc1ccc(S(N)=O)cc1. The van der Waals surface area contributed by atoms with Crippen molar-refractivity contribution in [3.05, 3.63) is 59.1 Å². The number of nitrogen functional groups attached to an aromatic ring is 1. The lowest BCUT2D eigenvalue weighted by Crippen LogP contribution is -2.21. The Labute approximate surface area is 150 Å². The van der Waals surface area contributed by atoms with Gasteiger partial charge in [-0.25, -0.2) is 9.35 Å². The normalized spacial score (nSPS) is 23.1. The fourth-order valence-electron chi connectivity index (χ4n) is 3.07. The van der Waals surface area contributed by atoms with Gasteiger partial charge in [-0.15, -0.1) is 0 Å². The molecule has 24 heavy (non-hydrogen) atoms. The summed E-state index contributed by atoms with van der Waals surface area (Å²) in [5, 5.41) is 5.93. The van der Waals surface area contributed by atoms with Crippen LogP contribution in [-0.4, -0.2) is 22.2 Å². The fourth-order valence-corrected chi connectivity index (χ4v) is 3.60. The molecule has 1 aliphatic carbocycles. The smallest absolute Gasteiger partial charge is 0.122 e. The number of nitrogens with zero attached hydrogens (tertiary/aromatic N) is 1. The van der Waals surface area contributed by atoms with E-state index in [1.54, 1.807) is 24.3 Å². The van der Waals surface area contributed by atoms with Gasteiger partial charge in [-0.05, 0) is 60.2 Å². The van der Waals surface area contributed by atoms with Gasteiger partial charge in [0.1, 0.15) is 11.0 Å². The van der Waals surface area contributed by atoms with Gasteiger partial charge in [0.2, 0.25) is 0 Å². The van der Waals surface area contributed by atoms with Crippen LogP contribution in [-0.2, 0) is 17.5 Å². The van der Waals surface area contributed by atoms with Crippen molar-refractivity contribution >= 4 is 28.3 Å². The molecule has 128 valence electrons. The topological polar surface area (TPSA) is 72.3 Å². The molecule has 2 aromatic rings. The summed E-state index contributed by atoms with van der Waals surface area (Å²) in [6.07, 6.45) is 1.48. The molecular formula is C18H22ClN3OS. The van der Waals surface area contributed by atoms with E-state index in [0.29, 0.717) is 10.6 Å². The molecule has 4 rings (SSSR count). The number of hydrogen-bond donors (Lipinski definition) is 2. The van der Waals surface area contributed by atoms with Gasteiger partial charge in [-0.3, -0.25) is 4.90 Å². The van der Waals surface area contributed by atoms with Gasteiger partial charge in [0, 0.05) is 30.3 Å². The number of benzene rings is 2. The Bertz CT molecular complexity index is 695. The minimum absolute atomic E-state index is 0.592. The number of likely N-dealkylation sites (tertiary alicyclic amines) is 1.